The van der Waals surface area contributed by atoms with E-state index in [0.29, 0.717) is 31.2 Å². The molecule has 0 aliphatic carbocycles. The second-order valence-corrected chi connectivity index (χ2v) is 4.41. The summed E-state index contributed by atoms with van der Waals surface area (Å²) in [6.45, 7) is 3.74. The number of aromatic carboxylic acids is 1. The largest absolute Gasteiger partial charge is 0.478 e. The van der Waals surface area contributed by atoms with Crippen molar-refractivity contribution in [2.45, 2.75) is 6.54 Å². The molecule has 7 heteroatoms. The van der Waals surface area contributed by atoms with Crippen molar-refractivity contribution in [1.82, 2.24) is 19.5 Å². The van der Waals surface area contributed by atoms with Gasteiger partial charge >= 0.3 is 5.97 Å². The average Bonchev–Trinajstić information content (AvgIpc) is 2.81. The van der Waals surface area contributed by atoms with E-state index in [9.17, 15) is 4.79 Å². The smallest absolute Gasteiger partial charge is 0.339 e. The van der Waals surface area contributed by atoms with Crippen molar-refractivity contribution < 1.29 is 14.6 Å². The number of carboxylic acids is 1. The number of fused-ring (bicyclic) bond motifs is 1. The van der Waals surface area contributed by atoms with Crippen LogP contribution in [0.15, 0.2) is 18.3 Å². The Balaban J connectivity index is 1.88. The lowest BCUT2D eigenvalue weighted by molar-refractivity contribution is 0.0331. The van der Waals surface area contributed by atoms with Crippen LogP contribution in [0.3, 0.4) is 0 Å². The van der Waals surface area contributed by atoms with Crippen molar-refractivity contribution in [3.63, 3.8) is 0 Å². The number of carboxylic acid groups (broad SMARTS) is 1. The minimum Gasteiger partial charge on any atom is -0.478 e. The van der Waals surface area contributed by atoms with Crippen LogP contribution in [0.25, 0.3) is 5.65 Å². The highest BCUT2D eigenvalue weighted by Crippen LogP contribution is 2.10. The molecule has 1 saturated heterocycles. The zero-order chi connectivity index (χ0) is 13.2. The van der Waals surface area contributed by atoms with Gasteiger partial charge in [-0.3, -0.25) is 4.90 Å². The highest BCUT2D eigenvalue weighted by molar-refractivity contribution is 5.94. The Morgan fingerprint density at radius 1 is 1.42 bits per heavy atom. The molecule has 0 bridgehead atoms. The molecular weight excluding hydrogens is 248 g/mol. The second kappa shape index (κ2) is 4.94. The third-order valence-electron chi connectivity index (χ3n) is 3.11. The van der Waals surface area contributed by atoms with E-state index >= 15 is 0 Å². The number of hydrogen-bond donors (Lipinski definition) is 1. The van der Waals surface area contributed by atoms with Gasteiger partial charge in [-0.1, -0.05) is 0 Å². The van der Waals surface area contributed by atoms with Crippen LogP contribution in [0.4, 0.5) is 0 Å². The summed E-state index contributed by atoms with van der Waals surface area (Å²) in [4.78, 5) is 17.6. The molecule has 100 valence electrons. The topological polar surface area (TPSA) is 80.0 Å². The number of morpholine rings is 1. The number of rotatable bonds is 3. The van der Waals surface area contributed by atoms with Gasteiger partial charge in [-0.15, -0.1) is 5.10 Å². The second-order valence-electron chi connectivity index (χ2n) is 4.41. The zero-order valence-electron chi connectivity index (χ0n) is 10.3. The molecule has 0 saturated carbocycles. The molecule has 0 amide bonds. The van der Waals surface area contributed by atoms with Crippen LogP contribution in [0.2, 0.25) is 0 Å². The number of hydrogen-bond acceptors (Lipinski definition) is 5. The number of aromatic nitrogens is 3. The molecular formula is C12H14N4O3. The lowest BCUT2D eigenvalue weighted by Gasteiger charge is -2.25. The molecule has 2 aromatic heterocycles. The standard InChI is InChI=1S/C12H14N4O3/c17-12(18)9-2-1-3-16-11(9)13-10(14-16)8-15-4-6-19-7-5-15/h1-3H,4-8H2,(H,17,18). The van der Waals surface area contributed by atoms with Crippen molar-refractivity contribution in [2.24, 2.45) is 0 Å². The predicted octanol–water partition coefficient (Wildman–Crippen LogP) is 0.260. The average molecular weight is 262 g/mol. The molecule has 19 heavy (non-hydrogen) atoms. The number of ether oxygens (including phenoxy) is 1. The molecule has 0 aromatic carbocycles. The highest BCUT2D eigenvalue weighted by atomic mass is 16.5. The molecule has 0 spiro atoms. The number of pyridine rings is 1. The summed E-state index contributed by atoms with van der Waals surface area (Å²) < 4.78 is 6.79. The van der Waals surface area contributed by atoms with E-state index in [1.54, 1.807) is 12.3 Å². The molecule has 3 rings (SSSR count). The predicted molar refractivity (Wildman–Crippen MR) is 66.0 cm³/mol. The van der Waals surface area contributed by atoms with Crippen molar-refractivity contribution in [1.29, 1.82) is 0 Å². The fraction of sp³-hybridized carbons (Fsp3) is 0.417. The van der Waals surface area contributed by atoms with Gasteiger partial charge in [-0.2, -0.15) is 0 Å². The lowest BCUT2D eigenvalue weighted by atomic mass is 10.3. The molecule has 0 atom stereocenters. The van der Waals surface area contributed by atoms with Crippen LogP contribution >= 0.6 is 0 Å². The fourth-order valence-electron chi connectivity index (χ4n) is 2.14. The Hall–Kier alpha value is -1.99. The van der Waals surface area contributed by atoms with Gasteiger partial charge in [0, 0.05) is 19.3 Å². The van der Waals surface area contributed by atoms with Crippen molar-refractivity contribution >= 4 is 11.6 Å². The summed E-state index contributed by atoms with van der Waals surface area (Å²) in [5, 5.41) is 13.4. The summed E-state index contributed by atoms with van der Waals surface area (Å²) in [5.41, 5.74) is 0.557. The van der Waals surface area contributed by atoms with Crippen LogP contribution < -0.4 is 0 Å². The summed E-state index contributed by atoms with van der Waals surface area (Å²) in [6.07, 6.45) is 1.71. The van der Waals surface area contributed by atoms with Gasteiger partial charge in [0.25, 0.3) is 0 Å². The monoisotopic (exact) mass is 262 g/mol. The molecule has 1 N–H and O–H groups in total. The zero-order valence-corrected chi connectivity index (χ0v) is 10.3. The van der Waals surface area contributed by atoms with Crippen LogP contribution in [0.5, 0.6) is 0 Å². The first-order chi connectivity index (χ1) is 9.24. The first-order valence-electron chi connectivity index (χ1n) is 6.12. The van der Waals surface area contributed by atoms with Gasteiger partial charge in [0.15, 0.2) is 11.5 Å². The van der Waals surface area contributed by atoms with E-state index in [0.717, 1.165) is 13.1 Å². The quantitative estimate of drug-likeness (QED) is 0.854. The molecule has 1 fully saturated rings. The first-order valence-corrected chi connectivity index (χ1v) is 6.12. The molecule has 0 radical (unpaired) electrons. The molecule has 3 heterocycles. The lowest BCUT2D eigenvalue weighted by Crippen LogP contribution is -2.35. The van der Waals surface area contributed by atoms with E-state index in [1.807, 2.05) is 0 Å². The van der Waals surface area contributed by atoms with Gasteiger partial charge < -0.3 is 9.84 Å². The van der Waals surface area contributed by atoms with Gasteiger partial charge in [0.2, 0.25) is 0 Å². The number of carbonyl (C=O) groups is 1. The third kappa shape index (κ3) is 2.42. The van der Waals surface area contributed by atoms with E-state index in [4.69, 9.17) is 9.84 Å². The Morgan fingerprint density at radius 3 is 2.95 bits per heavy atom. The van der Waals surface area contributed by atoms with Gasteiger partial charge in [0.05, 0.1) is 19.8 Å². The fourth-order valence-corrected chi connectivity index (χ4v) is 2.14. The van der Waals surface area contributed by atoms with Crippen molar-refractivity contribution in [2.75, 3.05) is 26.3 Å². The van der Waals surface area contributed by atoms with E-state index in [-0.39, 0.29) is 5.56 Å². The van der Waals surface area contributed by atoms with Crippen LogP contribution in [0.1, 0.15) is 16.2 Å². The Morgan fingerprint density at radius 2 is 2.21 bits per heavy atom. The van der Waals surface area contributed by atoms with Crippen molar-refractivity contribution in [3.8, 4) is 0 Å². The summed E-state index contributed by atoms with van der Waals surface area (Å²) in [7, 11) is 0. The minimum absolute atomic E-state index is 0.170. The van der Waals surface area contributed by atoms with E-state index < -0.39 is 5.97 Å². The van der Waals surface area contributed by atoms with Gasteiger partial charge in [0.1, 0.15) is 5.56 Å². The van der Waals surface area contributed by atoms with Gasteiger partial charge in [-0.05, 0) is 12.1 Å². The molecule has 1 aliphatic heterocycles. The summed E-state index contributed by atoms with van der Waals surface area (Å²) >= 11 is 0. The minimum atomic E-state index is -0.990. The molecule has 2 aromatic rings. The van der Waals surface area contributed by atoms with Gasteiger partial charge in [-0.25, -0.2) is 14.3 Å². The number of nitrogens with zero attached hydrogens (tertiary/aromatic N) is 4. The summed E-state index contributed by atoms with van der Waals surface area (Å²) in [5.74, 6) is -0.355. The van der Waals surface area contributed by atoms with Crippen molar-refractivity contribution in [3.05, 3.63) is 29.7 Å². The van der Waals surface area contributed by atoms with Crippen LogP contribution in [0, 0.1) is 0 Å². The first kappa shape index (κ1) is 12.1. The molecule has 7 nitrogen and oxygen atoms in total. The Kier molecular flexibility index (Phi) is 3.14. The molecule has 1 aliphatic rings. The van der Waals surface area contributed by atoms with Crippen LogP contribution in [-0.4, -0.2) is 56.9 Å². The normalized spacial score (nSPS) is 16.8. The summed E-state index contributed by atoms with van der Waals surface area (Å²) in [6, 6.07) is 3.19. The Bertz CT molecular complexity index is 604. The SMILES string of the molecule is O=C(O)c1cccn2nc(CN3CCOCC3)nc12. The maximum Gasteiger partial charge on any atom is 0.339 e. The maximum atomic E-state index is 11.1. The van der Waals surface area contributed by atoms with E-state index in [2.05, 4.69) is 15.0 Å². The maximum absolute atomic E-state index is 11.1. The van der Waals surface area contributed by atoms with Crippen LogP contribution in [-0.2, 0) is 11.3 Å². The molecule has 0 unspecified atom stereocenters. The third-order valence-corrected chi connectivity index (χ3v) is 3.11. The Labute approximate surface area is 109 Å². The highest BCUT2D eigenvalue weighted by Gasteiger charge is 2.16. The van der Waals surface area contributed by atoms with E-state index in [1.165, 1.54) is 10.6 Å².